The van der Waals surface area contributed by atoms with Crippen molar-refractivity contribution in [1.29, 1.82) is 0 Å². The number of non-ortho nitro benzene ring substituents is 1. The molecule has 0 aromatic heterocycles. The predicted molar refractivity (Wildman–Crippen MR) is 107 cm³/mol. The Morgan fingerprint density at radius 1 is 1.26 bits per heavy atom. The second-order valence-electron chi connectivity index (χ2n) is 6.52. The highest BCUT2D eigenvalue weighted by atomic mass is 32.2. The molecule has 1 aliphatic heterocycles. The molecule has 1 aliphatic rings. The number of aryl methyl sites for hydroxylation is 1. The monoisotopic (exact) mass is 386 g/mol. The first kappa shape index (κ1) is 19.2. The van der Waals surface area contributed by atoms with Crippen molar-refractivity contribution in [3.8, 4) is 5.75 Å². The lowest BCUT2D eigenvalue weighted by atomic mass is 9.96. The van der Waals surface area contributed by atoms with E-state index in [1.165, 1.54) is 35.0 Å². The van der Waals surface area contributed by atoms with Gasteiger partial charge in [0.2, 0.25) is 5.91 Å². The standard InChI is InChI=1S/C20H22N2O4S/c1-13-6-11-18(26-3)19-17(13)5-4-12-21(19)20(23)14(2)27-16-9-7-15(8-10-16)22(24)25/h6-11,14H,4-5,12H2,1-3H3. The molecule has 0 radical (unpaired) electrons. The maximum Gasteiger partial charge on any atom is 0.269 e. The first-order valence-electron chi connectivity index (χ1n) is 8.81. The number of hydrogen-bond donors (Lipinski definition) is 0. The van der Waals surface area contributed by atoms with Gasteiger partial charge in [-0.25, -0.2) is 0 Å². The van der Waals surface area contributed by atoms with E-state index in [1.54, 1.807) is 19.2 Å². The molecule has 2 aromatic carbocycles. The van der Waals surface area contributed by atoms with E-state index < -0.39 is 4.92 Å². The Balaban J connectivity index is 1.82. The summed E-state index contributed by atoms with van der Waals surface area (Å²) in [7, 11) is 1.62. The predicted octanol–water partition coefficient (Wildman–Crippen LogP) is 4.37. The molecule has 7 heteroatoms. The summed E-state index contributed by atoms with van der Waals surface area (Å²) >= 11 is 1.40. The van der Waals surface area contributed by atoms with Crippen LogP contribution in [0.25, 0.3) is 0 Å². The maximum absolute atomic E-state index is 13.2. The number of thioether (sulfide) groups is 1. The Hall–Kier alpha value is -2.54. The SMILES string of the molecule is COc1ccc(C)c2c1N(C(=O)C(C)Sc1ccc([N+](=O)[O-])cc1)CCC2. The summed E-state index contributed by atoms with van der Waals surface area (Å²) in [4.78, 5) is 26.2. The highest BCUT2D eigenvalue weighted by Crippen LogP contribution is 2.39. The van der Waals surface area contributed by atoms with Crippen LogP contribution in [-0.4, -0.2) is 29.7 Å². The Morgan fingerprint density at radius 2 is 1.96 bits per heavy atom. The van der Waals surface area contributed by atoms with Crippen LogP contribution in [0.3, 0.4) is 0 Å². The lowest BCUT2D eigenvalue weighted by Crippen LogP contribution is -2.40. The van der Waals surface area contributed by atoms with Crippen LogP contribution in [0, 0.1) is 17.0 Å². The van der Waals surface area contributed by atoms with Gasteiger partial charge in [0.05, 0.1) is 23.0 Å². The maximum atomic E-state index is 13.2. The molecule has 1 unspecified atom stereocenters. The van der Waals surface area contributed by atoms with Gasteiger partial charge in [0.15, 0.2) is 0 Å². The first-order valence-corrected chi connectivity index (χ1v) is 9.69. The van der Waals surface area contributed by atoms with Crippen LogP contribution in [0.1, 0.15) is 24.5 Å². The van der Waals surface area contributed by atoms with Crippen LogP contribution in [-0.2, 0) is 11.2 Å². The van der Waals surface area contributed by atoms with Crippen LogP contribution in [0.4, 0.5) is 11.4 Å². The fraction of sp³-hybridized carbons (Fsp3) is 0.350. The van der Waals surface area contributed by atoms with Crippen LogP contribution < -0.4 is 9.64 Å². The van der Waals surface area contributed by atoms with Gasteiger partial charge < -0.3 is 9.64 Å². The molecule has 3 rings (SSSR count). The summed E-state index contributed by atoms with van der Waals surface area (Å²) in [6.07, 6.45) is 1.85. The van der Waals surface area contributed by atoms with E-state index in [2.05, 4.69) is 6.92 Å². The summed E-state index contributed by atoms with van der Waals surface area (Å²) in [6.45, 7) is 4.59. The van der Waals surface area contributed by atoms with Crippen molar-refractivity contribution in [3.63, 3.8) is 0 Å². The number of ether oxygens (including phenoxy) is 1. The molecule has 0 spiro atoms. The van der Waals surface area contributed by atoms with Gasteiger partial charge in [0.1, 0.15) is 5.75 Å². The molecular formula is C20H22N2O4S. The highest BCUT2D eigenvalue weighted by Gasteiger charge is 2.30. The lowest BCUT2D eigenvalue weighted by molar-refractivity contribution is -0.384. The van der Waals surface area contributed by atoms with Gasteiger partial charge in [-0.1, -0.05) is 6.07 Å². The molecule has 0 saturated heterocycles. The minimum atomic E-state index is -0.428. The van der Waals surface area contributed by atoms with Gasteiger partial charge in [-0.3, -0.25) is 14.9 Å². The number of nitro benzene ring substituents is 1. The first-order chi connectivity index (χ1) is 12.9. The average Bonchev–Trinajstić information content (AvgIpc) is 2.68. The molecule has 0 aliphatic carbocycles. The average molecular weight is 386 g/mol. The van der Waals surface area contributed by atoms with E-state index >= 15 is 0 Å². The van der Waals surface area contributed by atoms with Crippen molar-refractivity contribution in [2.24, 2.45) is 0 Å². The summed E-state index contributed by atoms with van der Waals surface area (Å²) in [5.74, 6) is 0.736. The molecule has 0 saturated carbocycles. The van der Waals surface area contributed by atoms with Crippen molar-refractivity contribution in [2.45, 2.75) is 36.8 Å². The molecule has 0 fully saturated rings. The van der Waals surface area contributed by atoms with Crippen LogP contribution in [0.5, 0.6) is 5.75 Å². The Kier molecular flexibility index (Phi) is 5.70. The summed E-state index contributed by atoms with van der Waals surface area (Å²) in [5, 5.41) is 10.5. The van der Waals surface area contributed by atoms with E-state index in [0.717, 1.165) is 29.2 Å². The molecule has 1 atom stereocenters. The number of nitro groups is 1. The largest absolute Gasteiger partial charge is 0.495 e. The van der Waals surface area contributed by atoms with Gasteiger partial charge in [-0.15, -0.1) is 11.8 Å². The van der Waals surface area contributed by atoms with Crippen LogP contribution in [0.2, 0.25) is 0 Å². The number of amides is 1. The Morgan fingerprint density at radius 3 is 2.59 bits per heavy atom. The third-order valence-electron chi connectivity index (χ3n) is 4.75. The Labute approximate surface area is 162 Å². The van der Waals surface area contributed by atoms with E-state index in [9.17, 15) is 14.9 Å². The van der Waals surface area contributed by atoms with Gasteiger partial charge >= 0.3 is 0 Å². The molecule has 1 heterocycles. The van der Waals surface area contributed by atoms with Crippen LogP contribution in [0.15, 0.2) is 41.3 Å². The van der Waals surface area contributed by atoms with E-state index in [-0.39, 0.29) is 16.8 Å². The highest BCUT2D eigenvalue weighted by molar-refractivity contribution is 8.00. The molecule has 0 bridgehead atoms. The zero-order valence-electron chi connectivity index (χ0n) is 15.6. The third kappa shape index (κ3) is 3.93. The van der Waals surface area contributed by atoms with Crippen LogP contribution >= 0.6 is 11.8 Å². The van der Waals surface area contributed by atoms with Gasteiger partial charge in [0.25, 0.3) is 5.69 Å². The zero-order chi connectivity index (χ0) is 19.6. The van der Waals surface area contributed by atoms with Crippen molar-refractivity contribution >= 4 is 29.0 Å². The Bertz CT molecular complexity index is 867. The van der Waals surface area contributed by atoms with Crippen molar-refractivity contribution in [3.05, 3.63) is 57.6 Å². The normalized spacial score (nSPS) is 14.4. The number of rotatable bonds is 5. The molecule has 6 nitrogen and oxygen atoms in total. The fourth-order valence-corrected chi connectivity index (χ4v) is 4.29. The quantitative estimate of drug-likeness (QED) is 0.433. The molecule has 2 aromatic rings. The summed E-state index contributed by atoms with van der Waals surface area (Å²) in [5.41, 5.74) is 3.26. The lowest BCUT2D eigenvalue weighted by Gasteiger charge is -2.33. The van der Waals surface area contributed by atoms with Crippen molar-refractivity contribution in [1.82, 2.24) is 0 Å². The second kappa shape index (κ2) is 8.00. The van der Waals surface area contributed by atoms with Gasteiger partial charge in [-0.2, -0.15) is 0 Å². The molecule has 1 amide bonds. The zero-order valence-corrected chi connectivity index (χ0v) is 16.4. The van der Waals surface area contributed by atoms with Gasteiger partial charge in [-0.05, 0) is 56.0 Å². The number of carbonyl (C=O) groups is 1. The third-order valence-corrected chi connectivity index (χ3v) is 5.85. The van der Waals surface area contributed by atoms with E-state index in [1.807, 2.05) is 24.0 Å². The topological polar surface area (TPSA) is 72.7 Å². The van der Waals surface area contributed by atoms with Gasteiger partial charge in [0, 0.05) is 23.6 Å². The number of hydrogen-bond acceptors (Lipinski definition) is 5. The number of methoxy groups -OCH3 is 1. The second-order valence-corrected chi connectivity index (χ2v) is 7.93. The number of fused-ring (bicyclic) bond motifs is 1. The van der Waals surface area contributed by atoms with E-state index in [4.69, 9.17) is 4.74 Å². The van der Waals surface area contributed by atoms with Crippen molar-refractivity contribution in [2.75, 3.05) is 18.6 Å². The number of nitrogens with zero attached hydrogens (tertiary/aromatic N) is 2. The number of benzene rings is 2. The number of carbonyl (C=O) groups excluding carboxylic acids is 1. The minimum absolute atomic E-state index is 0.0169. The molecule has 142 valence electrons. The molecular weight excluding hydrogens is 364 g/mol. The van der Waals surface area contributed by atoms with E-state index in [0.29, 0.717) is 6.54 Å². The number of anilines is 1. The minimum Gasteiger partial charge on any atom is -0.495 e. The fourth-order valence-electron chi connectivity index (χ4n) is 3.36. The smallest absolute Gasteiger partial charge is 0.269 e. The summed E-state index contributed by atoms with van der Waals surface area (Å²) in [6, 6.07) is 10.2. The van der Waals surface area contributed by atoms with Crippen molar-refractivity contribution < 1.29 is 14.5 Å². The molecule has 0 N–H and O–H groups in total. The summed E-state index contributed by atoms with van der Waals surface area (Å²) < 4.78 is 5.52. The molecule has 27 heavy (non-hydrogen) atoms.